The first-order chi connectivity index (χ1) is 11.8. The fourth-order valence-electron chi connectivity index (χ4n) is 2.06. The van der Waals surface area contributed by atoms with Crippen LogP contribution in [0, 0.1) is 10.1 Å². The number of benzene rings is 1. The van der Waals surface area contributed by atoms with Gasteiger partial charge in [0.05, 0.1) is 10.5 Å². The predicted octanol–water partition coefficient (Wildman–Crippen LogP) is -0.333. The summed E-state index contributed by atoms with van der Waals surface area (Å²) in [7, 11) is 1.50. The van der Waals surface area contributed by atoms with Gasteiger partial charge in [-0.2, -0.15) is 0 Å². The fourth-order valence-corrected chi connectivity index (χ4v) is 2.06. The Kier molecular flexibility index (Phi) is 8.47. The molecule has 5 N–H and O–H groups in total. The number of nitrogens with one attached hydrogen (secondary N) is 1. The lowest BCUT2D eigenvalue weighted by atomic mass is 10.1. The third kappa shape index (κ3) is 7.70. The van der Waals surface area contributed by atoms with Crippen LogP contribution in [0.15, 0.2) is 24.3 Å². The SMILES string of the molecule is CN(CC(=O)OCc1ccccc1[N+](=O)[O-])NC(=O)C[C@@H](N)CCN. The summed E-state index contributed by atoms with van der Waals surface area (Å²) in [5, 5.41) is 12.2. The van der Waals surface area contributed by atoms with Gasteiger partial charge in [-0.05, 0) is 19.0 Å². The third-order valence-electron chi connectivity index (χ3n) is 3.24. The van der Waals surface area contributed by atoms with E-state index in [4.69, 9.17) is 16.2 Å². The normalized spacial score (nSPS) is 11.8. The lowest BCUT2D eigenvalue weighted by Crippen LogP contribution is -2.44. The fraction of sp³-hybridized carbons (Fsp3) is 0.467. The zero-order valence-electron chi connectivity index (χ0n) is 14.0. The molecule has 0 saturated carbocycles. The number of hydrazine groups is 1. The van der Waals surface area contributed by atoms with Crippen molar-refractivity contribution in [3.63, 3.8) is 0 Å². The van der Waals surface area contributed by atoms with Gasteiger partial charge in [0.25, 0.3) is 5.69 Å². The molecule has 25 heavy (non-hydrogen) atoms. The Hall–Kier alpha value is -2.56. The van der Waals surface area contributed by atoms with Crippen molar-refractivity contribution in [3.8, 4) is 0 Å². The first-order valence-corrected chi connectivity index (χ1v) is 7.67. The molecule has 1 atom stereocenters. The molecule has 0 unspecified atom stereocenters. The molecule has 0 bridgehead atoms. The van der Waals surface area contributed by atoms with Crippen molar-refractivity contribution < 1.29 is 19.2 Å². The number of ether oxygens (including phenoxy) is 1. The molecular weight excluding hydrogens is 330 g/mol. The van der Waals surface area contributed by atoms with Gasteiger partial charge in [0.2, 0.25) is 5.91 Å². The summed E-state index contributed by atoms with van der Waals surface area (Å²) in [4.78, 5) is 33.9. The van der Waals surface area contributed by atoms with Crippen LogP contribution in [0.4, 0.5) is 5.69 Å². The van der Waals surface area contributed by atoms with Gasteiger partial charge in [0.1, 0.15) is 13.2 Å². The van der Waals surface area contributed by atoms with E-state index in [9.17, 15) is 19.7 Å². The summed E-state index contributed by atoms with van der Waals surface area (Å²) >= 11 is 0. The lowest BCUT2D eigenvalue weighted by Gasteiger charge is -2.18. The molecule has 0 fully saturated rings. The quantitative estimate of drug-likeness (QED) is 0.293. The molecular formula is C15H23N5O5. The summed E-state index contributed by atoms with van der Waals surface area (Å²) in [5.41, 5.74) is 13.7. The number of carbonyl (C=O) groups excluding carboxylic acids is 2. The number of amides is 1. The molecule has 0 radical (unpaired) electrons. The first kappa shape index (κ1) is 20.5. The Balaban J connectivity index is 2.41. The Bertz CT molecular complexity index is 610. The summed E-state index contributed by atoms with van der Waals surface area (Å²) in [5.74, 6) is -0.970. The smallest absolute Gasteiger partial charge is 0.322 e. The van der Waals surface area contributed by atoms with E-state index in [0.717, 1.165) is 0 Å². The predicted molar refractivity (Wildman–Crippen MR) is 89.9 cm³/mol. The number of nitro benzene ring substituents is 1. The van der Waals surface area contributed by atoms with Gasteiger partial charge >= 0.3 is 5.97 Å². The van der Waals surface area contributed by atoms with Crippen molar-refractivity contribution in [1.82, 2.24) is 10.4 Å². The van der Waals surface area contributed by atoms with E-state index in [0.29, 0.717) is 18.5 Å². The number of nitro groups is 1. The van der Waals surface area contributed by atoms with Crippen LogP contribution in [0.3, 0.4) is 0 Å². The minimum absolute atomic E-state index is 0.0901. The topological polar surface area (TPSA) is 154 Å². The maximum Gasteiger partial charge on any atom is 0.322 e. The maximum absolute atomic E-state index is 11.8. The number of nitrogens with two attached hydrogens (primary N) is 2. The number of hydrogen-bond donors (Lipinski definition) is 3. The van der Waals surface area contributed by atoms with Gasteiger partial charge in [-0.25, -0.2) is 5.01 Å². The zero-order chi connectivity index (χ0) is 18.8. The highest BCUT2D eigenvalue weighted by atomic mass is 16.6. The van der Waals surface area contributed by atoms with Gasteiger partial charge in [-0.15, -0.1) is 0 Å². The van der Waals surface area contributed by atoms with Crippen molar-refractivity contribution in [3.05, 3.63) is 39.9 Å². The lowest BCUT2D eigenvalue weighted by molar-refractivity contribution is -0.385. The summed E-state index contributed by atoms with van der Waals surface area (Å²) < 4.78 is 5.01. The second kappa shape index (κ2) is 10.3. The van der Waals surface area contributed by atoms with Crippen LogP contribution in [0.2, 0.25) is 0 Å². The van der Waals surface area contributed by atoms with Crippen molar-refractivity contribution in [1.29, 1.82) is 0 Å². The highest BCUT2D eigenvalue weighted by Crippen LogP contribution is 2.18. The summed E-state index contributed by atoms with van der Waals surface area (Å²) in [6, 6.07) is 5.65. The van der Waals surface area contributed by atoms with Crippen molar-refractivity contribution >= 4 is 17.6 Å². The summed E-state index contributed by atoms with van der Waals surface area (Å²) in [6.07, 6.45) is 0.613. The number of likely N-dealkylation sites (N-methyl/N-ethyl adjacent to an activating group) is 1. The second-order valence-corrected chi connectivity index (χ2v) is 5.48. The molecule has 1 aromatic rings. The highest BCUT2D eigenvalue weighted by Gasteiger charge is 2.16. The highest BCUT2D eigenvalue weighted by molar-refractivity contribution is 5.77. The molecule has 0 spiro atoms. The van der Waals surface area contributed by atoms with Gasteiger partial charge in [0.15, 0.2) is 0 Å². The molecule has 138 valence electrons. The van der Waals surface area contributed by atoms with Gasteiger partial charge in [-0.3, -0.25) is 25.1 Å². The Morgan fingerprint density at radius 3 is 2.72 bits per heavy atom. The van der Waals surface area contributed by atoms with E-state index < -0.39 is 10.9 Å². The zero-order valence-corrected chi connectivity index (χ0v) is 14.0. The second-order valence-electron chi connectivity index (χ2n) is 5.48. The molecule has 0 aliphatic heterocycles. The molecule has 1 amide bonds. The molecule has 0 heterocycles. The van der Waals surface area contributed by atoms with Gasteiger partial charge in [0, 0.05) is 25.6 Å². The number of carbonyl (C=O) groups is 2. The molecule has 0 aliphatic rings. The molecule has 0 saturated heterocycles. The molecule has 1 aromatic carbocycles. The van der Waals surface area contributed by atoms with Gasteiger partial charge < -0.3 is 16.2 Å². The molecule has 0 aliphatic carbocycles. The standard InChI is InChI=1S/C15H23N5O5/c1-19(18-14(21)8-12(17)6-7-16)9-15(22)25-10-11-4-2-3-5-13(11)20(23)24/h2-5,12H,6-10,16-17H2,1H3,(H,18,21)/t12-/m0/s1. The van der Waals surface area contributed by atoms with Crippen LogP contribution in [0.5, 0.6) is 0 Å². The molecule has 1 rings (SSSR count). The van der Waals surface area contributed by atoms with Crippen molar-refractivity contribution in [2.75, 3.05) is 20.1 Å². The average Bonchev–Trinajstić information content (AvgIpc) is 2.52. The number of hydrogen-bond acceptors (Lipinski definition) is 8. The molecule has 0 aromatic heterocycles. The number of esters is 1. The van der Waals surface area contributed by atoms with Crippen LogP contribution in [0.1, 0.15) is 18.4 Å². The minimum Gasteiger partial charge on any atom is -0.460 e. The van der Waals surface area contributed by atoms with Crippen molar-refractivity contribution in [2.24, 2.45) is 11.5 Å². The van der Waals surface area contributed by atoms with Crippen LogP contribution >= 0.6 is 0 Å². The number of nitrogens with zero attached hydrogens (tertiary/aromatic N) is 2. The van der Waals surface area contributed by atoms with E-state index in [-0.39, 0.29) is 37.2 Å². The molecule has 10 heteroatoms. The third-order valence-corrected chi connectivity index (χ3v) is 3.24. The molecule has 10 nitrogen and oxygen atoms in total. The van der Waals surface area contributed by atoms with Crippen LogP contribution < -0.4 is 16.9 Å². The van der Waals surface area contributed by atoms with E-state index in [1.54, 1.807) is 6.07 Å². The van der Waals surface area contributed by atoms with Crippen LogP contribution in [-0.4, -0.2) is 48.0 Å². The largest absolute Gasteiger partial charge is 0.460 e. The number of para-hydroxylation sites is 1. The van der Waals surface area contributed by atoms with E-state index in [1.165, 1.54) is 30.3 Å². The Morgan fingerprint density at radius 1 is 1.40 bits per heavy atom. The summed E-state index contributed by atoms with van der Waals surface area (Å²) in [6.45, 7) is -0.0418. The Labute approximate surface area is 145 Å². The minimum atomic E-state index is -0.632. The maximum atomic E-state index is 11.8. The van der Waals surface area contributed by atoms with Gasteiger partial charge in [-0.1, -0.05) is 12.1 Å². The van der Waals surface area contributed by atoms with E-state index >= 15 is 0 Å². The monoisotopic (exact) mass is 353 g/mol. The van der Waals surface area contributed by atoms with E-state index in [2.05, 4.69) is 5.43 Å². The Morgan fingerprint density at radius 2 is 2.08 bits per heavy atom. The van der Waals surface area contributed by atoms with Crippen LogP contribution in [-0.2, 0) is 20.9 Å². The number of rotatable bonds is 10. The van der Waals surface area contributed by atoms with E-state index in [1.807, 2.05) is 0 Å². The van der Waals surface area contributed by atoms with Crippen LogP contribution in [0.25, 0.3) is 0 Å². The first-order valence-electron chi connectivity index (χ1n) is 7.67. The average molecular weight is 353 g/mol. The van der Waals surface area contributed by atoms with Crippen molar-refractivity contribution in [2.45, 2.75) is 25.5 Å².